The normalized spacial score (nSPS) is 21.2. The molecule has 0 radical (unpaired) electrons. The van der Waals surface area contributed by atoms with E-state index >= 15 is 0 Å². The van der Waals surface area contributed by atoms with E-state index in [4.69, 9.17) is 23.7 Å². The van der Waals surface area contributed by atoms with Crippen molar-refractivity contribution in [2.45, 2.75) is 32.4 Å². The lowest BCUT2D eigenvalue weighted by atomic mass is 9.98. The van der Waals surface area contributed by atoms with Gasteiger partial charge in [-0.15, -0.1) is 0 Å². The van der Waals surface area contributed by atoms with E-state index < -0.39 is 0 Å². The Morgan fingerprint density at radius 3 is 2.78 bits per heavy atom. The van der Waals surface area contributed by atoms with Crippen LogP contribution < -0.4 is 18.9 Å². The van der Waals surface area contributed by atoms with Crippen molar-refractivity contribution >= 4 is 11.9 Å². The van der Waals surface area contributed by atoms with Crippen molar-refractivity contribution < 1.29 is 28.5 Å². The predicted molar refractivity (Wildman–Crippen MR) is 119 cm³/mol. The highest BCUT2D eigenvalue weighted by Crippen LogP contribution is 2.44. The smallest absolute Gasteiger partial charge is 0.232 e. The first-order chi connectivity index (χ1) is 15.6. The molecular formula is C25H27NO6. The Balaban J connectivity index is 1.44. The molecule has 3 aliphatic rings. The number of carbonyl (C=O) groups excluding carboxylic acids is 1. The van der Waals surface area contributed by atoms with Gasteiger partial charge in [-0.25, -0.2) is 0 Å². The zero-order chi connectivity index (χ0) is 22.2. The Kier molecular flexibility index (Phi) is 5.53. The van der Waals surface area contributed by atoms with Gasteiger partial charge in [0.25, 0.3) is 0 Å². The predicted octanol–water partition coefficient (Wildman–Crippen LogP) is 3.96. The van der Waals surface area contributed by atoms with E-state index in [0.717, 1.165) is 48.4 Å². The second-order valence-corrected chi connectivity index (χ2v) is 8.35. The summed E-state index contributed by atoms with van der Waals surface area (Å²) in [7, 11) is 3.17. The quantitative estimate of drug-likeness (QED) is 0.656. The summed E-state index contributed by atoms with van der Waals surface area (Å²) in [4.78, 5) is 15.4. The molecule has 0 bridgehead atoms. The van der Waals surface area contributed by atoms with E-state index in [1.165, 1.54) is 0 Å². The van der Waals surface area contributed by atoms with Crippen molar-refractivity contribution in [3.63, 3.8) is 0 Å². The number of carbonyl (C=O) groups is 1. The van der Waals surface area contributed by atoms with Crippen LogP contribution in [-0.4, -0.2) is 50.9 Å². The molecule has 32 heavy (non-hydrogen) atoms. The van der Waals surface area contributed by atoms with E-state index in [2.05, 4.69) is 4.90 Å². The summed E-state index contributed by atoms with van der Waals surface area (Å²) in [6.45, 7) is 4.72. The molecule has 2 aromatic carbocycles. The van der Waals surface area contributed by atoms with E-state index in [1.807, 2.05) is 31.2 Å². The van der Waals surface area contributed by atoms with Gasteiger partial charge in [0.15, 0.2) is 17.3 Å². The summed E-state index contributed by atoms with van der Waals surface area (Å²) >= 11 is 0. The number of hydrogen-bond acceptors (Lipinski definition) is 7. The largest absolute Gasteiger partial charge is 0.493 e. The summed E-state index contributed by atoms with van der Waals surface area (Å²) in [5, 5.41) is 0. The van der Waals surface area contributed by atoms with Gasteiger partial charge in [0.1, 0.15) is 18.2 Å². The molecule has 3 aliphatic heterocycles. The van der Waals surface area contributed by atoms with Crippen LogP contribution in [0.3, 0.4) is 0 Å². The third-order valence-electron chi connectivity index (χ3n) is 6.18. The minimum absolute atomic E-state index is 0.119. The topological polar surface area (TPSA) is 66.5 Å². The van der Waals surface area contributed by atoms with Gasteiger partial charge in [-0.2, -0.15) is 0 Å². The zero-order valence-electron chi connectivity index (χ0n) is 18.6. The van der Waals surface area contributed by atoms with Gasteiger partial charge in [-0.3, -0.25) is 9.69 Å². The van der Waals surface area contributed by atoms with Crippen molar-refractivity contribution in [3.8, 4) is 23.0 Å². The lowest BCUT2D eigenvalue weighted by molar-refractivity contribution is 0.0273. The van der Waals surface area contributed by atoms with Crippen LogP contribution in [0.25, 0.3) is 6.08 Å². The highest BCUT2D eigenvalue weighted by atomic mass is 16.5. The van der Waals surface area contributed by atoms with Gasteiger partial charge in [-0.1, -0.05) is 6.07 Å². The highest BCUT2D eigenvalue weighted by Gasteiger charge is 2.36. The van der Waals surface area contributed by atoms with Gasteiger partial charge < -0.3 is 23.7 Å². The second kappa shape index (κ2) is 8.48. The Hall–Kier alpha value is -3.03. The molecule has 1 atom stereocenters. The summed E-state index contributed by atoms with van der Waals surface area (Å²) < 4.78 is 28.6. The van der Waals surface area contributed by atoms with Crippen LogP contribution in [0, 0.1) is 6.92 Å². The molecule has 168 valence electrons. The number of hydrogen-bond donors (Lipinski definition) is 0. The SMILES string of the molecule is COc1ccc(C=C2Oc3c4c(cc(C)c3C2=O)OCN(C[C@H]2CCCO2)C4)cc1OC. The van der Waals surface area contributed by atoms with Crippen molar-refractivity contribution in [1.82, 2.24) is 4.90 Å². The number of allylic oxidation sites excluding steroid dienone is 1. The highest BCUT2D eigenvalue weighted by molar-refractivity contribution is 6.15. The fourth-order valence-corrected chi connectivity index (χ4v) is 4.56. The number of ether oxygens (including phenoxy) is 5. The number of nitrogens with zero attached hydrogens (tertiary/aromatic N) is 1. The second-order valence-electron chi connectivity index (χ2n) is 8.35. The number of benzene rings is 2. The first kappa shape index (κ1) is 20.8. The molecule has 0 unspecified atom stereocenters. The molecule has 0 N–H and O–H groups in total. The van der Waals surface area contributed by atoms with Crippen molar-refractivity contribution in [2.75, 3.05) is 34.1 Å². The van der Waals surface area contributed by atoms with Crippen LogP contribution in [-0.2, 0) is 11.3 Å². The first-order valence-corrected chi connectivity index (χ1v) is 10.9. The molecule has 0 aromatic heterocycles. The molecule has 7 nitrogen and oxygen atoms in total. The maximum absolute atomic E-state index is 13.2. The van der Waals surface area contributed by atoms with Crippen LogP contribution in [0.4, 0.5) is 0 Å². The number of ketones is 1. The molecule has 1 saturated heterocycles. The summed E-state index contributed by atoms with van der Waals surface area (Å²) in [6, 6.07) is 7.43. The number of fused-ring (bicyclic) bond motifs is 3. The molecule has 5 rings (SSSR count). The van der Waals surface area contributed by atoms with E-state index in [-0.39, 0.29) is 11.9 Å². The average Bonchev–Trinajstić information content (AvgIpc) is 3.42. The molecule has 3 heterocycles. The molecule has 0 aliphatic carbocycles. The summed E-state index contributed by atoms with van der Waals surface area (Å²) in [5.41, 5.74) is 3.17. The molecule has 0 saturated carbocycles. The monoisotopic (exact) mass is 437 g/mol. The van der Waals surface area contributed by atoms with Crippen LogP contribution in [0.15, 0.2) is 30.0 Å². The Labute approximate surface area is 187 Å². The minimum atomic E-state index is -0.119. The average molecular weight is 437 g/mol. The van der Waals surface area contributed by atoms with Gasteiger partial charge in [0.2, 0.25) is 5.78 Å². The van der Waals surface area contributed by atoms with Gasteiger partial charge in [0, 0.05) is 19.7 Å². The third kappa shape index (κ3) is 3.72. The lowest BCUT2D eigenvalue weighted by Crippen LogP contribution is -2.37. The van der Waals surface area contributed by atoms with E-state index in [9.17, 15) is 4.79 Å². The fraction of sp³-hybridized carbons (Fsp3) is 0.400. The minimum Gasteiger partial charge on any atom is -0.493 e. The molecule has 1 fully saturated rings. The van der Waals surface area contributed by atoms with E-state index in [1.54, 1.807) is 20.3 Å². The van der Waals surface area contributed by atoms with Crippen LogP contribution >= 0.6 is 0 Å². The summed E-state index contributed by atoms with van der Waals surface area (Å²) in [6.07, 6.45) is 4.15. The molecule has 0 amide bonds. The van der Waals surface area contributed by atoms with Crippen LogP contribution in [0.5, 0.6) is 23.0 Å². The zero-order valence-corrected chi connectivity index (χ0v) is 18.6. The van der Waals surface area contributed by atoms with Gasteiger partial charge >= 0.3 is 0 Å². The van der Waals surface area contributed by atoms with Crippen LogP contribution in [0.1, 0.15) is 39.9 Å². The standard InChI is InChI=1S/C25H27NO6/c1-15-9-20-18(13-26(14-31-20)12-17-5-4-8-30-17)25-23(15)24(27)22(32-25)11-16-6-7-19(28-2)21(10-16)29-3/h6-7,9-11,17H,4-5,8,12-14H2,1-3H3/t17-/m1/s1. The van der Waals surface area contributed by atoms with Crippen LogP contribution in [0.2, 0.25) is 0 Å². The first-order valence-electron chi connectivity index (χ1n) is 10.9. The van der Waals surface area contributed by atoms with E-state index in [0.29, 0.717) is 41.8 Å². The van der Waals surface area contributed by atoms with Crippen molar-refractivity contribution in [2.24, 2.45) is 0 Å². The maximum atomic E-state index is 13.2. The van der Waals surface area contributed by atoms with Gasteiger partial charge in [0.05, 0.1) is 31.5 Å². The Bertz CT molecular complexity index is 1090. The van der Waals surface area contributed by atoms with Crippen molar-refractivity contribution in [3.05, 3.63) is 52.3 Å². The fourth-order valence-electron chi connectivity index (χ4n) is 4.56. The Morgan fingerprint density at radius 2 is 2.03 bits per heavy atom. The lowest BCUT2D eigenvalue weighted by Gasteiger charge is -2.31. The number of aryl methyl sites for hydroxylation is 1. The number of methoxy groups -OCH3 is 2. The molecule has 0 spiro atoms. The Morgan fingerprint density at radius 1 is 1.19 bits per heavy atom. The molecular weight excluding hydrogens is 410 g/mol. The number of rotatable bonds is 5. The number of Topliss-reactive ketones (excluding diaryl/α,β-unsaturated/α-hetero) is 1. The van der Waals surface area contributed by atoms with Crippen molar-refractivity contribution in [1.29, 1.82) is 0 Å². The van der Waals surface area contributed by atoms with Gasteiger partial charge in [-0.05, 0) is 55.2 Å². The summed E-state index contributed by atoms with van der Waals surface area (Å²) in [5.74, 6) is 2.78. The maximum Gasteiger partial charge on any atom is 0.232 e. The third-order valence-corrected chi connectivity index (χ3v) is 6.18. The molecule has 7 heteroatoms. The molecule has 2 aromatic rings.